The number of halogens is 3. The van der Waals surface area contributed by atoms with Crippen LogP contribution in [0.3, 0.4) is 0 Å². The second-order valence-electron chi connectivity index (χ2n) is 6.47. The number of nitrogens with zero attached hydrogens (tertiary/aromatic N) is 5. The number of aromatic amines is 1. The molecule has 1 unspecified atom stereocenters. The van der Waals surface area contributed by atoms with E-state index in [1.165, 1.54) is 18.5 Å². The number of aromatic nitrogens is 5. The largest absolute Gasteiger partial charge is 0.416 e. The monoisotopic (exact) mass is 364 g/mol. The number of fused-ring (bicyclic) bond motifs is 1. The standard InChI is InChI=1S/C16H15F3N6O/c1-15(5-2-7-24(15)14(26)25-8-6-20-23-25)13-21-11-4-3-10(16(17,18)19)9-12(11)22-13/h3-4,6,8-9H,2,5,7H2,1H3,(H,21,22). The van der Waals surface area contributed by atoms with Crippen LogP contribution in [0.4, 0.5) is 18.0 Å². The topological polar surface area (TPSA) is 79.7 Å². The fourth-order valence-corrected chi connectivity index (χ4v) is 3.39. The zero-order valence-electron chi connectivity index (χ0n) is 13.8. The van der Waals surface area contributed by atoms with Crippen molar-refractivity contribution in [3.8, 4) is 0 Å². The summed E-state index contributed by atoms with van der Waals surface area (Å²) in [6.45, 7) is 2.34. The predicted octanol–water partition coefficient (Wildman–Crippen LogP) is 3.15. The fourth-order valence-electron chi connectivity index (χ4n) is 3.39. The summed E-state index contributed by atoms with van der Waals surface area (Å²) < 4.78 is 39.9. The molecule has 0 radical (unpaired) electrons. The minimum absolute atomic E-state index is 0.288. The zero-order chi connectivity index (χ0) is 18.5. The number of nitrogens with one attached hydrogen (secondary N) is 1. The van der Waals surface area contributed by atoms with Crippen LogP contribution in [-0.4, -0.2) is 42.4 Å². The third kappa shape index (κ3) is 2.52. The molecule has 3 aromatic rings. The molecule has 4 rings (SSSR count). The molecule has 26 heavy (non-hydrogen) atoms. The normalized spacial score (nSPS) is 20.8. The first-order valence-corrected chi connectivity index (χ1v) is 8.05. The highest BCUT2D eigenvalue weighted by molar-refractivity contribution is 5.79. The van der Waals surface area contributed by atoms with Gasteiger partial charge in [-0.1, -0.05) is 5.21 Å². The molecule has 0 bridgehead atoms. The average Bonchev–Trinajstić information content (AvgIpc) is 3.32. The van der Waals surface area contributed by atoms with Crippen LogP contribution in [0.1, 0.15) is 31.2 Å². The van der Waals surface area contributed by atoms with Gasteiger partial charge in [0, 0.05) is 6.54 Å². The van der Waals surface area contributed by atoms with Crippen LogP contribution in [0.25, 0.3) is 11.0 Å². The van der Waals surface area contributed by atoms with Crippen LogP contribution in [0.2, 0.25) is 0 Å². The Morgan fingerprint density at radius 2 is 2.15 bits per heavy atom. The van der Waals surface area contributed by atoms with Gasteiger partial charge in [-0.05, 0) is 38.0 Å². The van der Waals surface area contributed by atoms with Crippen LogP contribution < -0.4 is 0 Å². The van der Waals surface area contributed by atoms with E-state index >= 15 is 0 Å². The molecular formula is C16H15F3N6O. The Morgan fingerprint density at radius 1 is 1.35 bits per heavy atom. The molecule has 1 aliphatic heterocycles. The van der Waals surface area contributed by atoms with Crippen molar-refractivity contribution in [1.82, 2.24) is 29.9 Å². The van der Waals surface area contributed by atoms with Gasteiger partial charge in [0.25, 0.3) is 0 Å². The van der Waals surface area contributed by atoms with Crippen LogP contribution in [0, 0.1) is 0 Å². The minimum Gasteiger partial charge on any atom is -0.340 e. The van der Waals surface area contributed by atoms with Crippen molar-refractivity contribution >= 4 is 17.1 Å². The smallest absolute Gasteiger partial charge is 0.340 e. The van der Waals surface area contributed by atoms with Gasteiger partial charge in [0.05, 0.1) is 34.5 Å². The molecule has 1 atom stereocenters. The maximum absolute atomic E-state index is 12.9. The molecule has 1 aromatic carbocycles. The first kappa shape index (κ1) is 16.6. The van der Waals surface area contributed by atoms with Crippen LogP contribution in [-0.2, 0) is 11.7 Å². The fraction of sp³-hybridized carbons (Fsp3) is 0.375. The van der Waals surface area contributed by atoms with Crippen LogP contribution >= 0.6 is 0 Å². The van der Waals surface area contributed by atoms with Gasteiger partial charge in [-0.2, -0.15) is 17.9 Å². The van der Waals surface area contributed by atoms with E-state index in [0.717, 1.165) is 23.2 Å². The third-order valence-electron chi connectivity index (χ3n) is 4.81. The highest BCUT2D eigenvalue weighted by atomic mass is 19.4. The Morgan fingerprint density at radius 3 is 2.85 bits per heavy atom. The maximum Gasteiger partial charge on any atom is 0.416 e. The summed E-state index contributed by atoms with van der Waals surface area (Å²) in [7, 11) is 0. The Bertz CT molecular complexity index is 964. The number of alkyl halides is 3. The molecule has 3 heterocycles. The van der Waals surface area contributed by atoms with E-state index in [0.29, 0.717) is 24.3 Å². The highest BCUT2D eigenvalue weighted by Crippen LogP contribution is 2.39. The van der Waals surface area contributed by atoms with E-state index in [4.69, 9.17) is 0 Å². The number of benzene rings is 1. The van der Waals surface area contributed by atoms with E-state index < -0.39 is 17.3 Å². The molecule has 136 valence electrons. The van der Waals surface area contributed by atoms with Crippen molar-refractivity contribution in [2.75, 3.05) is 6.54 Å². The summed E-state index contributed by atoms with van der Waals surface area (Å²) in [6.07, 6.45) is -0.173. The Hall–Kier alpha value is -2.91. The maximum atomic E-state index is 12.9. The van der Waals surface area contributed by atoms with Crippen molar-refractivity contribution < 1.29 is 18.0 Å². The molecule has 1 fully saturated rings. The lowest BCUT2D eigenvalue weighted by Crippen LogP contribution is -2.45. The molecule has 1 aliphatic rings. The Kier molecular flexibility index (Phi) is 3.53. The number of imidazole rings is 1. The lowest BCUT2D eigenvalue weighted by Gasteiger charge is -2.32. The predicted molar refractivity (Wildman–Crippen MR) is 85.2 cm³/mol. The first-order chi connectivity index (χ1) is 12.3. The lowest BCUT2D eigenvalue weighted by molar-refractivity contribution is -0.137. The van der Waals surface area contributed by atoms with Crippen molar-refractivity contribution in [3.05, 3.63) is 42.0 Å². The van der Waals surface area contributed by atoms with E-state index in [2.05, 4.69) is 20.3 Å². The van der Waals surface area contributed by atoms with Gasteiger partial charge < -0.3 is 9.88 Å². The quantitative estimate of drug-likeness (QED) is 0.719. The van der Waals surface area contributed by atoms with Crippen molar-refractivity contribution in [3.63, 3.8) is 0 Å². The average molecular weight is 364 g/mol. The molecular weight excluding hydrogens is 349 g/mol. The molecule has 0 saturated carbocycles. The van der Waals surface area contributed by atoms with Crippen molar-refractivity contribution in [2.45, 2.75) is 31.5 Å². The SMILES string of the molecule is CC1(c2nc3ccc(C(F)(F)F)cc3[nH]2)CCCN1C(=O)n1ccnn1. The molecule has 0 spiro atoms. The third-order valence-corrected chi connectivity index (χ3v) is 4.81. The van der Waals surface area contributed by atoms with Crippen LogP contribution in [0.5, 0.6) is 0 Å². The van der Waals surface area contributed by atoms with Gasteiger partial charge in [0.1, 0.15) is 5.82 Å². The van der Waals surface area contributed by atoms with Crippen LogP contribution in [0.15, 0.2) is 30.6 Å². The molecule has 1 saturated heterocycles. The molecule has 7 nitrogen and oxygen atoms in total. The molecule has 2 aromatic heterocycles. The number of hydrogen-bond acceptors (Lipinski definition) is 4. The van der Waals surface area contributed by atoms with Gasteiger partial charge >= 0.3 is 12.2 Å². The van der Waals surface area contributed by atoms with E-state index in [1.807, 2.05) is 6.92 Å². The second kappa shape index (κ2) is 5.55. The lowest BCUT2D eigenvalue weighted by atomic mass is 9.98. The van der Waals surface area contributed by atoms with Crippen molar-refractivity contribution in [2.24, 2.45) is 0 Å². The zero-order valence-corrected chi connectivity index (χ0v) is 13.8. The molecule has 10 heteroatoms. The van der Waals surface area contributed by atoms with Gasteiger partial charge in [0.15, 0.2) is 0 Å². The highest BCUT2D eigenvalue weighted by Gasteiger charge is 2.44. The van der Waals surface area contributed by atoms with E-state index in [1.54, 1.807) is 4.90 Å². The number of carbonyl (C=O) groups is 1. The number of carbonyl (C=O) groups excluding carboxylic acids is 1. The second-order valence-corrected chi connectivity index (χ2v) is 6.47. The molecule has 0 aliphatic carbocycles. The minimum atomic E-state index is -4.42. The number of amides is 1. The first-order valence-electron chi connectivity index (χ1n) is 8.05. The summed E-state index contributed by atoms with van der Waals surface area (Å²) >= 11 is 0. The molecule has 1 amide bonds. The summed E-state index contributed by atoms with van der Waals surface area (Å²) in [6, 6.07) is 3.02. The van der Waals surface area contributed by atoms with E-state index in [-0.39, 0.29) is 11.5 Å². The molecule has 1 N–H and O–H groups in total. The number of likely N-dealkylation sites (tertiary alicyclic amines) is 1. The number of hydrogen-bond donors (Lipinski definition) is 1. The van der Waals surface area contributed by atoms with Gasteiger partial charge in [-0.3, -0.25) is 0 Å². The number of rotatable bonds is 1. The summed E-state index contributed by atoms with van der Waals surface area (Å²) in [5.41, 5.74) is -0.793. The Labute approximate surface area is 145 Å². The van der Waals surface area contributed by atoms with Gasteiger partial charge in [-0.15, -0.1) is 5.10 Å². The van der Waals surface area contributed by atoms with Gasteiger partial charge in [-0.25, -0.2) is 9.78 Å². The number of H-pyrrole nitrogens is 1. The van der Waals surface area contributed by atoms with Crippen molar-refractivity contribution in [1.29, 1.82) is 0 Å². The summed E-state index contributed by atoms with van der Waals surface area (Å²) in [5.74, 6) is 0.456. The summed E-state index contributed by atoms with van der Waals surface area (Å²) in [5, 5.41) is 7.36. The van der Waals surface area contributed by atoms with E-state index in [9.17, 15) is 18.0 Å². The van der Waals surface area contributed by atoms with Gasteiger partial charge in [0.2, 0.25) is 0 Å². The Balaban J connectivity index is 1.74. The summed E-state index contributed by atoms with van der Waals surface area (Å²) in [4.78, 5) is 21.7.